The molecule has 0 saturated heterocycles. The van der Waals surface area contributed by atoms with Crippen molar-refractivity contribution in [1.82, 2.24) is 9.78 Å². The van der Waals surface area contributed by atoms with Gasteiger partial charge in [-0.3, -0.25) is 10.1 Å². The smallest absolute Gasteiger partial charge is 0.333 e. The molecule has 1 aliphatic carbocycles. The largest absolute Gasteiger partial charge is 0.396 e. The summed E-state index contributed by atoms with van der Waals surface area (Å²) in [5.41, 5.74) is 0.635. The summed E-state index contributed by atoms with van der Waals surface area (Å²) in [5, 5.41) is 28.1. The van der Waals surface area contributed by atoms with Crippen LogP contribution >= 0.6 is 0 Å². The van der Waals surface area contributed by atoms with Crippen LogP contribution in [0.1, 0.15) is 38.3 Å². The number of hydrogen-bond acceptors (Lipinski definition) is 5. The first-order valence-corrected chi connectivity index (χ1v) is 7.63. The summed E-state index contributed by atoms with van der Waals surface area (Å²) < 4.78 is 1.56. The highest BCUT2D eigenvalue weighted by atomic mass is 16.6. The molecule has 0 radical (unpaired) electrons. The van der Waals surface area contributed by atoms with Gasteiger partial charge in [-0.2, -0.15) is 5.10 Å². The van der Waals surface area contributed by atoms with Gasteiger partial charge in [-0.05, 0) is 31.1 Å². The summed E-state index contributed by atoms with van der Waals surface area (Å²) in [6.45, 7) is 2.83. The maximum Gasteiger partial charge on any atom is 0.333 e. The molecule has 2 unspecified atom stereocenters. The van der Waals surface area contributed by atoms with Gasteiger partial charge in [-0.1, -0.05) is 19.8 Å². The summed E-state index contributed by atoms with van der Waals surface area (Å²) in [5.74, 6) is 1.16. The van der Waals surface area contributed by atoms with Gasteiger partial charge >= 0.3 is 5.69 Å². The summed E-state index contributed by atoms with van der Waals surface area (Å²) in [4.78, 5) is 11.0. The first-order chi connectivity index (χ1) is 10.1. The maximum atomic E-state index is 11.3. The van der Waals surface area contributed by atoms with Crippen molar-refractivity contribution in [2.75, 3.05) is 18.5 Å². The number of aryl methyl sites for hydroxylation is 2. The van der Waals surface area contributed by atoms with Gasteiger partial charge < -0.3 is 10.4 Å². The quantitative estimate of drug-likeness (QED) is 0.593. The van der Waals surface area contributed by atoms with E-state index in [2.05, 4.69) is 10.4 Å². The Hall–Kier alpha value is -1.63. The molecule has 7 nitrogen and oxygen atoms in total. The van der Waals surface area contributed by atoms with Crippen LogP contribution in [0.2, 0.25) is 0 Å². The van der Waals surface area contributed by atoms with Crippen molar-refractivity contribution in [3.05, 3.63) is 15.8 Å². The van der Waals surface area contributed by atoms with Crippen molar-refractivity contribution in [2.45, 2.75) is 39.0 Å². The molecule has 2 atom stereocenters. The summed E-state index contributed by atoms with van der Waals surface area (Å²) in [6, 6.07) is 0. The molecule has 0 spiro atoms. The van der Waals surface area contributed by atoms with E-state index in [0.29, 0.717) is 36.3 Å². The molecule has 2 N–H and O–H groups in total. The lowest BCUT2D eigenvalue weighted by Crippen LogP contribution is -2.22. The van der Waals surface area contributed by atoms with E-state index in [-0.39, 0.29) is 17.2 Å². The third kappa shape index (κ3) is 3.34. The summed E-state index contributed by atoms with van der Waals surface area (Å²) in [7, 11) is 1.73. The average Bonchev–Trinajstić information content (AvgIpc) is 3.00. The van der Waals surface area contributed by atoms with Crippen LogP contribution in [0.4, 0.5) is 11.5 Å². The van der Waals surface area contributed by atoms with E-state index >= 15 is 0 Å². The second-order valence-electron chi connectivity index (χ2n) is 5.79. The molecule has 0 bridgehead atoms. The molecule has 1 saturated carbocycles. The zero-order chi connectivity index (χ0) is 15.4. The Morgan fingerprint density at radius 2 is 2.19 bits per heavy atom. The monoisotopic (exact) mass is 296 g/mol. The number of hydrogen-bond donors (Lipinski definition) is 2. The van der Waals surface area contributed by atoms with Crippen LogP contribution < -0.4 is 5.32 Å². The van der Waals surface area contributed by atoms with Crippen molar-refractivity contribution in [3.63, 3.8) is 0 Å². The normalized spacial score (nSPS) is 21.7. The molecule has 21 heavy (non-hydrogen) atoms. The number of anilines is 1. The highest BCUT2D eigenvalue weighted by Gasteiger charge is 2.30. The fraction of sp³-hybridized carbons (Fsp3) is 0.786. The fourth-order valence-electron chi connectivity index (χ4n) is 3.21. The van der Waals surface area contributed by atoms with Crippen LogP contribution in [0.3, 0.4) is 0 Å². The molecule has 7 heteroatoms. The van der Waals surface area contributed by atoms with Gasteiger partial charge in [0.1, 0.15) is 5.69 Å². The topological polar surface area (TPSA) is 93.2 Å². The average molecular weight is 296 g/mol. The predicted molar refractivity (Wildman–Crippen MR) is 80.3 cm³/mol. The molecule has 1 aromatic heterocycles. The number of aliphatic hydroxyl groups is 1. The SMILES string of the molecule is CCCc1nn(C)c(NCC2CCCC2CO)c1[N+](=O)[O-]. The molecule has 1 aromatic rings. The van der Waals surface area contributed by atoms with Crippen LogP contribution in [-0.2, 0) is 13.5 Å². The van der Waals surface area contributed by atoms with Gasteiger partial charge in [0.25, 0.3) is 0 Å². The van der Waals surface area contributed by atoms with E-state index in [1.165, 1.54) is 0 Å². The Kier molecular flexibility index (Phi) is 5.17. The van der Waals surface area contributed by atoms with Gasteiger partial charge in [0.15, 0.2) is 0 Å². The second kappa shape index (κ2) is 6.89. The molecule has 0 amide bonds. The fourth-order valence-corrected chi connectivity index (χ4v) is 3.21. The van der Waals surface area contributed by atoms with Crippen LogP contribution in [0.5, 0.6) is 0 Å². The number of nitrogens with zero attached hydrogens (tertiary/aromatic N) is 3. The summed E-state index contributed by atoms with van der Waals surface area (Å²) >= 11 is 0. The van der Waals surface area contributed by atoms with Crippen LogP contribution in [0.25, 0.3) is 0 Å². The molecule has 1 heterocycles. The van der Waals surface area contributed by atoms with Crippen molar-refractivity contribution in [2.24, 2.45) is 18.9 Å². The first kappa shape index (κ1) is 15.8. The number of nitrogens with one attached hydrogen (secondary N) is 1. The first-order valence-electron chi connectivity index (χ1n) is 7.63. The standard InChI is InChI=1S/C14H24N4O3/c1-3-5-12-13(18(20)21)14(17(2)16-12)15-8-10-6-4-7-11(10)9-19/h10-11,15,19H,3-9H2,1-2H3. The maximum absolute atomic E-state index is 11.3. The van der Waals surface area contributed by atoms with E-state index in [0.717, 1.165) is 25.7 Å². The Morgan fingerprint density at radius 1 is 1.48 bits per heavy atom. The lowest BCUT2D eigenvalue weighted by atomic mass is 9.97. The minimum Gasteiger partial charge on any atom is -0.396 e. The number of nitro groups is 1. The third-order valence-electron chi connectivity index (χ3n) is 4.34. The number of aromatic nitrogens is 2. The zero-order valence-electron chi connectivity index (χ0n) is 12.7. The minimum atomic E-state index is -0.349. The van der Waals surface area contributed by atoms with Crippen molar-refractivity contribution in [1.29, 1.82) is 0 Å². The van der Waals surface area contributed by atoms with E-state index in [1.54, 1.807) is 11.7 Å². The van der Waals surface area contributed by atoms with Gasteiger partial charge in [-0.25, -0.2) is 4.68 Å². The lowest BCUT2D eigenvalue weighted by molar-refractivity contribution is -0.384. The highest BCUT2D eigenvalue weighted by Crippen LogP contribution is 2.33. The van der Waals surface area contributed by atoms with E-state index < -0.39 is 0 Å². The van der Waals surface area contributed by atoms with Gasteiger partial charge in [-0.15, -0.1) is 0 Å². The van der Waals surface area contributed by atoms with E-state index in [1.807, 2.05) is 6.92 Å². The molecular formula is C14H24N4O3. The van der Waals surface area contributed by atoms with Crippen molar-refractivity contribution >= 4 is 11.5 Å². The van der Waals surface area contributed by atoms with Crippen LogP contribution in [-0.4, -0.2) is 33.0 Å². The molecule has 118 valence electrons. The zero-order valence-corrected chi connectivity index (χ0v) is 12.7. The molecular weight excluding hydrogens is 272 g/mol. The second-order valence-corrected chi connectivity index (χ2v) is 5.79. The Morgan fingerprint density at radius 3 is 2.81 bits per heavy atom. The Balaban J connectivity index is 2.13. The predicted octanol–water partition coefficient (Wildman–Crippen LogP) is 2.10. The van der Waals surface area contributed by atoms with Crippen LogP contribution in [0.15, 0.2) is 0 Å². The number of rotatable bonds is 7. The lowest BCUT2D eigenvalue weighted by Gasteiger charge is -2.18. The van der Waals surface area contributed by atoms with E-state index in [9.17, 15) is 15.2 Å². The molecule has 0 aromatic carbocycles. The molecule has 2 rings (SSSR count). The molecule has 1 fully saturated rings. The van der Waals surface area contributed by atoms with Gasteiger partial charge in [0.2, 0.25) is 5.82 Å². The van der Waals surface area contributed by atoms with Crippen molar-refractivity contribution < 1.29 is 10.0 Å². The Bertz CT molecular complexity index is 501. The third-order valence-corrected chi connectivity index (χ3v) is 4.34. The Labute approximate surface area is 124 Å². The van der Waals surface area contributed by atoms with Crippen LogP contribution in [0, 0.1) is 22.0 Å². The molecule has 0 aliphatic heterocycles. The van der Waals surface area contributed by atoms with Crippen molar-refractivity contribution in [3.8, 4) is 0 Å². The minimum absolute atomic E-state index is 0.0953. The molecule has 1 aliphatic rings. The van der Waals surface area contributed by atoms with E-state index in [4.69, 9.17) is 0 Å². The van der Waals surface area contributed by atoms with Gasteiger partial charge in [0.05, 0.1) is 4.92 Å². The summed E-state index contributed by atoms with van der Waals surface area (Å²) in [6.07, 6.45) is 4.65. The van der Waals surface area contributed by atoms with Gasteiger partial charge in [0, 0.05) is 20.2 Å². The number of aliphatic hydroxyl groups excluding tert-OH is 1. The highest BCUT2D eigenvalue weighted by molar-refractivity contribution is 5.59.